The molecular formula is C13H18ClNS. The molecule has 1 nitrogen and oxygen atoms in total. The number of hydrogen-bond acceptors (Lipinski definition) is 2. The Morgan fingerprint density at radius 2 is 1.88 bits per heavy atom. The van der Waals surface area contributed by atoms with Gasteiger partial charge in [0.1, 0.15) is 0 Å². The van der Waals surface area contributed by atoms with Crippen LogP contribution in [0.4, 0.5) is 0 Å². The average Bonchev–Trinajstić information content (AvgIpc) is 2.82. The fourth-order valence-corrected chi connectivity index (χ4v) is 3.68. The highest BCUT2D eigenvalue weighted by Gasteiger charge is 2.24. The summed E-state index contributed by atoms with van der Waals surface area (Å²) < 4.78 is 0. The maximum atomic E-state index is 5.88. The summed E-state index contributed by atoms with van der Waals surface area (Å²) in [7, 11) is 0. The van der Waals surface area contributed by atoms with E-state index in [1.807, 2.05) is 23.9 Å². The Balaban J connectivity index is 1.97. The molecule has 1 aromatic carbocycles. The van der Waals surface area contributed by atoms with Crippen LogP contribution in [0.5, 0.6) is 0 Å². The molecule has 1 saturated carbocycles. The first-order chi connectivity index (χ1) is 7.79. The van der Waals surface area contributed by atoms with Gasteiger partial charge in [-0.2, -0.15) is 0 Å². The van der Waals surface area contributed by atoms with Gasteiger partial charge in [-0.05, 0) is 43.0 Å². The van der Waals surface area contributed by atoms with E-state index in [1.54, 1.807) is 0 Å². The molecule has 16 heavy (non-hydrogen) atoms. The smallest absolute Gasteiger partial charge is 0.0406 e. The lowest BCUT2D eigenvalue weighted by molar-refractivity contribution is 0.525. The fourth-order valence-electron chi connectivity index (χ4n) is 2.35. The van der Waals surface area contributed by atoms with Crippen LogP contribution in [-0.2, 0) is 0 Å². The van der Waals surface area contributed by atoms with Crippen molar-refractivity contribution < 1.29 is 0 Å². The van der Waals surface area contributed by atoms with E-state index in [4.69, 9.17) is 17.3 Å². The van der Waals surface area contributed by atoms with Crippen LogP contribution < -0.4 is 5.73 Å². The third-order valence-corrected chi connectivity index (χ3v) is 4.94. The molecule has 0 bridgehead atoms. The number of rotatable bonds is 4. The molecule has 0 amide bonds. The van der Waals surface area contributed by atoms with Gasteiger partial charge < -0.3 is 5.73 Å². The molecule has 0 radical (unpaired) electrons. The molecule has 0 saturated heterocycles. The van der Waals surface area contributed by atoms with Gasteiger partial charge >= 0.3 is 0 Å². The minimum Gasteiger partial charge on any atom is -0.329 e. The van der Waals surface area contributed by atoms with Crippen LogP contribution in [0.15, 0.2) is 29.2 Å². The van der Waals surface area contributed by atoms with Gasteiger partial charge in [-0.25, -0.2) is 0 Å². The van der Waals surface area contributed by atoms with Crippen molar-refractivity contribution in [3.8, 4) is 0 Å². The van der Waals surface area contributed by atoms with E-state index >= 15 is 0 Å². The Hall–Kier alpha value is -0.180. The van der Waals surface area contributed by atoms with Crippen LogP contribution >= 0.6 is 23.4 Å². The summed E-state index contributed by atoms with van der Waals surface area (Å²) in [5.74, 6) is 0.811. The summed E-state index contributed by atoms with van der Waals surface area (Å²) in [6.45, 7) is 0.776. The molecule has 1 aromatic rings. The standard InChI is InChI=1S/C13H18ClNS/c14-11-5-7-12(8-6-11)16-13(9-15)10-3-1-2-4-10/h5-8,10,13H,1-4,9,15H2. The number of thioether (sulfide) groups is 1. The van der Waals surface area contributed by atoms with Gasteiger partial charge in [0.25, 0.3) is 0 Å². The van der Waals surface area contributed by atoms with Crippen molar-refractivity contribution in [2.45, 2.75) is 35.8 Å². The second kappa shape index (κ2) is 5.95. The topological polar surface area (TPSA) is 26.0 Å². The number of hydrogen-bond donors (Lipinski definition) is 1. The van der Waals surface area contributed by atoms with Gasteiger partial charge in [-0.1, -0.05) is 24.4 Å². The third kappa shape index (κ3) is 3.16. The van der Waals surface area contributed by atoms with E-state index in [2.05, 4.69) is 12.1 Å². The Bertz CT molecular complexity index is 319. The quantitative estimate of drug-likeness (QED) is 0.825. The van der Waals surface area contributed by atoms with E-state index in [9.17, 15) is 0 Å². The summed E-state index contributed by atoms with van der Waals surface area (Å²) in [4.78, 5) is 1.28. The molecule has 0 spiro atoms. The number of nitrogens with two attached hydrogens (primary N) is 1. The Kier molecular flexibility index (Phi) is 4.56. The number of halogens is 1. The molecule has 1 unspecified atom stereocenters. The van der Waals surface area contributed by atoms with Gasteiger partial charge in [0.05, 0.1) is 0 Å². The lowest BCUT2D eigenvalue weighted by Gasteiger charge is -2.21. The summed E-state index contributed by atoms with van der Waals surface area (Å²) in [6, 6.07) is 8.08. The van der Waals surface area contributed by atoms with E-state index < -0.39 is 0 Å². The Morgan fingerprint density at radius 1 is 1.25 bits per heavy atom. The largest absolute Gasteiger partial charge is 0.329 e. The molecule has 1 aliphatic rings. The zero-order valence-electron chi connectivity index (χ0n) is 9.36. The second-order valence-electron chi connectivity index (χ2n) is 4.39. The van der Waals surface area contributed by atoms with Gasteiger partial charge in [-0.15, -0.1) is 11.8 Å². The molecule has 1 aliphatic carbocycles. The summed E-state index contributed by atoms with van der Waals surface area (Å²) in [5.41, 5.74) is 5.88. The van der Waals surface area contributed by atoms with Crippen LogP contribution in [-0.4, -0.2) is 11.8 Å². The minimum atomic E-state index is 0.573. The molecule has 0 heterocycles. The summed E-state index contributed by atoms with van der Waals surface area (Å²) in [5, 5.41) is 1.37. The van der Waals surface area contributed by atoms with Gasteiger partial charge in [0, 0.05) is 21.7 Å². The number of benzene rings is 1. The van der Waals surface area contributed by atoms with Crippen LogP contribution in [0.1, 0.15) is 25.7 Å². The first kappa shape index (κ1) is 12.3. The van der Waals surface area contributed by atoms with Crippen molar-refractivity contribution >= 4 is 23.4 Å². The van der Waals surface area contributed by atoms with E-state index in [0.29, 0.717) is 5.25 Å². The maximum Gasteiger partial charge on any atom is 0.0406 e. The lowest BCUT2D eigenvalue weighted by Crippen LogP contribution is -2.24. The fraction of sp³-hybridized carbons (Fsp3) is 0.538. The van der Waals surface area contributed by atoms with E-state index in [0.717, 1.165) is 17.5 Å². The predicted octanol–water partition coefficient (Wildman–Crippen LogP) is 3.95. The SMILES string of the molecule is NCC(Sc1ccc(Cl)cc1)C1CCCC1. The molecular weight excluding hydrogens is 238 g/mol. The lowest BCUT2D eigenvalue weighted by atomic mass is 10.0. The van der Waals surface area contributed by atoms with E-state index in [-0.39, 0.29) is 0 Å². The van der Waals surface area contributed by atoms with Crippen LogP contribution in [0.3, 0.4) is 0 Å². The molecule has 3 heteroatoms. The first-order valence-electron chi connectivity index (χ1n) is 5.92. The molecule has 2 N–H and O–H groups in total. The third-order valence-electron chi connectivity index (χ3n) is 3.26. The summed E-state index contributed by atoms with van der Waals surface area (Å²) in [6.07, 6.45) is 5.45. The molecule has 2 rings (SSSR count). The molecule has 88 valence electrons. The van der Waals surface area contributed by atoms with Crippen molar-refractivity contribution in [3.05, 3.63) is 29.3 Å². The Labute approximate surface area is 107 Å². The molecule has 1 fully saturated rings. The van der Waals surface area contributed by atoms with Gasteiger partial charge in [0.2, 0.25) is 0 Å². The van der Waals surface area contributed by atoms with Gasteiger partial charge in [0.15, 0.2) is 0 Å². The second-order valence-corrected chi connectivity index (χ2v) is 6.14. The molecule has 1 atom stereocenters. The normalized spacial score (nSPS) is 18.9. The zero-order valence-corrected chi connectivity index (χ0v) is 10.9. The highest BCUT2D eigenvalue weighted by atomic mass is 35.5. The molecule has 0 aliphatic heterocycles. The average molecular weight is 256 g/mol. The van der Waals surface area contributed by atoms with Crippen molar-refractivity contribution in [2.24, 2.45) is 11.7 Å². The molecule has 0 aromatic heterocycles. The highest BCUT2D eigenvalue weighted by molar-refractivity contribution is 8.00. The van der Waals surface area contributed by atoms with Crippen molar-refractivity contribution in [3.63, 3.8) is 0 Å². The highest BCUT2D eigenvalue weighted by Crippen LogP contribution is 2.36. The van der Waals surface area contributed by atoms with Crippen molar-refractivity contribution in [1.82, 2.24) is 0 Å². The van der Waals surface area contributed by atoms with Crippen molar-refractivity contribution in [1.29, 1.82) is 0 Å². The van der Waals surface area contributed by atoms with Gasteiger partial charge in [-0.3, -0.25) is 0 Å². The van der Waals surface area contributed by atoms with Crippen molar-refractivity contribution in [2.75, 3.05) is 6.54 Å². The minimum absolute atomic E-state index is 0.573. The van der Waals surface area contributed by atoms with Crippen LogP contribution in [0, 0.1) is 5.92 Å². The van der Waals surface area contributed by atoms with Crippen LogP contribution in [0.25, 0.3) is 0 Å². The first-order valence-corrected chi connectivity index (χ1v) is 7.17. The predicted molar refractivity (Wildman–Crippen MR) is 72.1 cm³/mol. The monoisotopic (exact) mass is 255 g/mol. The Morgan fingerprint density at radius 3 is 2.44 bits per heavy atom. The maximum absolute atomic E-state index is 5.88. The zero-order chi connectivity index (χ0) is 11.4. The van der Waals surface area contributed by atoms with Crippen LogP contribution in [0.2, 0.25) is 5.02 Å². The summed E-state index contributed by atoms with van der Waals surface area (Å²) >= 11 is 7.79. The van der Waals surface area contributed by atoms with E-state index in [1.165, 1.54) is 30.6 Å².